The lowest BCUT2D eigenvalue weighted by Gasteiger charge is -2.05. The monoisotopic (exact) mass is 217 g/mol. The lowest BCUT2D eigenvalue weighted by Crippen LogP contribution is -2.19. The van der Waals surface area contributed by atoms with E-state index in [1.165, 1.54) is 5.56 Å². The summed E-state index contributed by atoms with van der Waals surface area (Å²) in [6, 6.07) is 9.14. The summed E-state index contributed by atoms with van der Waals surface area (Å²) in [4.78, 5) is 0. The summed E-state index contributed by atoms with van der Waals surface area (Å²) in [5.41, 5.74) is 1.17. The molecule has 0 unspecified atom stereocenters. The summed E-state index contributed by atoms with van der Waals surface area (Å²) in [7, 11) is 0. The predicted molar refractivity (Wildman–Crippen MR) is 62.0 cm³/mol. The van der Waals surface area contributed by atoms with Crippen LogP contribution in [0.15, 0.2) is 42.7 Å². The second-order valence-electron chi connectivity index (χ2n) is 3.61. The lowest BCUT2D eigenvalue weighted by atomic mass is 10.2. The number of rotatable bonds is 5. The minimum absolute atomic E-state index is 0.306. The Morgan fingerprint density at radius 1 is 1.25 bits per heavy atom. The van der Waals surface area contributed by atoms with Crippen LogP contribution in [0.1, 0.15) is 5.56 Å². The summed E-state index contributed by atoms with van der Waals surface area (Å²) < 4.78 is 1.89. The number of nitrogens with one attached hydrogen (secondary N) is 1. The molecule has 2 N–H and O–H groups in total. The Bertz CT molecular complexity index is 408. The molecule has 0 spiro atoms. The minimum atomic E-state index is 0.306. The van der Waals surface area contributed by atoms with E-state index in [4.69, 9.17) is 5.11 Å². The Morgan fingerprint density at radius 2 is 2.06 bits per heavy atom. The van der Waals surface area contributed by atoms with Gasteiger partial charge in [-0.05, 0) is 23.8 Å². The van der Waals surface area contributed by atoms with Crippen LogP contribution in [-0.4, -0.2) is 21.4 Å². The van der Waals surface area contributed by atoms with Crippen LogP contribution < -0.4 is 5.32 Å². The predicted octanol–water partition coefficient (Wildman–Crippen LogP) is 1.38. The standard InChI is InChI=1S/C12H15N3O/c16-12-4-2-11(3-5-12)10-13-7-9-15-8-1-6-14-15/h1-6,8,13,16H,7,9-10H2. The number of aromatic nitrogens is 2. The second-order valence-corrected chi connectivity index (χ2v) is 3.61. The van der Waals surface area contributed by atoms with Crippen molar-refractivity contribution in [2.24, 2.45) is 0 Å². The molecule has 0 saturated heterocycles. The first-order chi connectivity index (χ1) is 7.84. The molecule has 4 nitrogen and oxygen atoms in total. The van der Waals surface area contributed by atoms with Gasteiger partial charge in [-0.2, -0.15) is 5.10 Å². The molecule has 1 heterocycles. The quantitative estimate of drug-likeness (QED) is 0.744. The van der Waals surface area contributed by atoms with E-state index in [1.807, 2.05) is 29.1 Å². The Labute approximate surface area is 94.5 Å². The van der Waals surface area contributed by atoms with Gasteiger partial charge in [-0.3, -0.25) is 4.68 Å². The largest absolute Gasteiger partial charge is 0.508 e. The van der Waals surface area contributed by atoms with E-state index < -0.39 is 0 Å². The lowest BCUT2D eigenvalue weighted by molar-refractivity contribution is 0.475. The third-order valence-electron chi connectivity index (χ3n) is 2.34. The van der Waals surface area contributed by atoms with Gasteiger partial charge in [0.1, 0.15) is 5.75 Å². The molecule has 16 heavy (non-hydrogen) atoms. The van der Waals surface area contributed by atoms with E-state index in [-0.39, 0.29) is 0 Å². The molecule has 84 valence electrons. The molecule has 0 amide bonds. The molecule has 2 rings (SSSR count). The topological polar surface area (TPSA) is 50.1 Å². The minimum Gasteiger partial charge on any atom is -0.508 e. The van der Waals surface area contributed by atoms with E-state index in [0.717, 1.165) is 19.6 Å². The molecule has 0 aliphatic heterocycles. The van der Waals surface area contributed by atoms with Gasteiger partial charge in [-0.1, -0.05) is 12.1 Å². The first-order valence-electron chi connectivity index (χ1n) is 5.30. The summed E-state index contributed by atoms with van der Waals surface area (Å²) in [6.07, 6.45) is 3.72. The number of nitrogens with zero attached hydrogens (tertiary/aromatic N) is 2. The van der Waals surface area contributed by atoms with Crippen LogP contribution in [0.3, 0.4) is 0 Å². The summed E-state index contributed by atoms with van der Waals surface area (Å²) in [6.45, 7) is 2.55. The van der Waals surface area contributed by atoms with E-state index >= 15 is 0 Å². The number of hydrogen-bond acceptors (Lipinski definition) is 3. The maximum atomic E-state index is 9.12. The van der Waals surface area contributed by atoms with Crippen molar-refractivity contribution in [1.82, 2.24) is 15.1 Å². The van der Waals surface area contributed by atoms with Gasteiger partial charge in [-0.15, -0.1) is 0 Å². The van der Waals surface area contributed by atoms with Crippen LogP contribution in [0.25, 0.3) is 0 Å². The number of hydrogen-bond donors (Lipinski definition) is 2. The molecule has 0 atom stereocenters. The maximum Gasteiger partial charge on any atom is 0.115 e. The van der Waals surface area contributed by atoms with Crippen molar-refractivity contribution < 1.29 is 5.11 Å². The van der Waals surface area contributed by atoms with Crippen LogP contribution in [-0.2, 0) is 13.1 Å². The highest BCUT2D eigenvalue weighted by atomic mass is 16.3. The zero-order valence-corrected chi connectivity index (χ0v) is 9.00. The van der Waals surface area contributed by atoms with Crippen molar-refractivity contribution in [2.45, 2.75) is 13.1 Å². The van der Waals surface area contributed by atoms with Crippen molar-refractivity contribution in [3.63, 3.8) is 0 Å². The van der Waals surface area contributed by atoms with Gasteiger partial charge >= 0.3 is 0 Å². The molecule has 1 aromatic carbocycles. The number of phenols is 1. The highest BCUT2D eigenvalue weighted by Crippen LogP contribution is 2.08. The smallest absolute Gasteiger partial charge is 0.115 e. The number of benzene rings is 1. The highest BCUT2D eigenvalue weighted by molar-refractivity contribution is 5.25. The van der Waals surface area contributed by atoms with Crippen LogP contribution in [0.4, 0.5) is 0 Å². The van der Waals surface area contributed by atoms with Crippen molar-refractivity contribution in [1.29, 1.82) is 0 Å². The zero-order chi connectivity index (χ0) is 11.2. The molecule has 0 aliphatic rings. The van der Waals surface area contributed by atoms with Gasteiger partial charge < -0.3 is 10.4 Å². The van der Waals surface area contributed by atoms with Crippen LogP contribution >= 0.6 is 0 Å². The Morgan fingerprint density at radius 3 is 2.75 bits per heavy atom. The molecule has 1 aromatic heterocycles. The Kier molecular flexibility index (Phi) is 3.56. The number of aromatic hydroxyl groups is 1. The molecule has 0 aliphatic carbocycles. The van der Waals surface area contributed by atoms with Crippen molar-refractivity contribution in [3.8, 4) is 5.75 Å². The average molecular weight is 217 g/mol. The molecule has 0 radical (unpaired) electrons. The van der Waals surface area contributed by atoms with Crippen molar-refractivity contribution in [3.05, 3.63) is 48.3 Å². The van der Waals surface area contributed by atoms with E-state index in [2.05, 4.69) is 10.4 Å². The Hall–Kier alpha value is -1.81. The van der Waals surface area contributed by atoms with Gasteiger partial charge in [-0.25, -0.2) is 0 Å². The third kappa shape index (κ3) is 3.10. The molecule has 0 bridgehead atoms. The Balaban J connectivity index is 1.70. The highest BCUT2D eigenvalue weighted by Gasteiger charge is 1.93. The van der Waals surface area contributed by atoms with E-state index in [0.29, 0.717) is 5.75 Å². The molecule has 4 heteroatoms. The van der Waals surface area contributed by atoms with Crippen molar-refractivity contribution in [2.75, 3.05) is 6.54 Å². The molecular formula is C12H15N3O. The fraction of sp³-hybridized carbons (Fsp3) is 0.250. The fourth-order valence-electron chi connectivity index (χ4n) is 1.47. The van der Waals surface area contributed by atoms with Gasteiger partial charge in [0.05, 0.1) is 6.54 Å². The van der Waals surface area contributed by atoms with Crippen molar-refractivity contribution >= 4 is 0 Å². The third-order valence-corrected chi connectivity index (χ3v) is 2.34. The average Bonchev–Trinajstić information content (AvgIpc) is 2.80. The fourth-order valence-corrected chi connectivity index (χ4v) is 1.47. The molecule has 2 aromatic rings. The van der Waals surface area contributed by atoms with Gasteiger partial charge in [0, 0.05) is 25.5 Å². The summed E-state index contributed by atoms with van der Waals surface area (Å²) in [5, 5.41) is 16.6. The van der Waals surface area contributed by atoms with Crippen LogP contribution in [0.5, 0.6) is 5.75 Å². The second kappa shape index (κ2) is 5.32. The summed E-state index contributed by atoms with van der Waals surface area (Å²) in [5.74, 6) is 0.306. The van der Waals surface area contributed by atoms with Crippen LogP contribution in [0, 0.1) is 0 Å². The van der Waals surface area contributed by atoms with Gasteiger partial charge in [0.15, 0.2) is 0 Å². The van der Waals surface area contributed by atoms with E-state index in [1.54, 1.807) is 18.3 Å². The van der Waals surface area contributed by atoms with Gasteiger partial charge in [0.25, 0.3) is 0 Å². The molecule has 0 saturated carbocycles. The van der Waals surface area contributed by atoms with Gasteiger partial charge in [0.2, 0.25) is 0 Å². The zero-order valence-electron chi connectivity index (χ0n) is 9.00. The normalized spacial score (nSPS) is 10.5. The molecular weight excluding hydrogens is 202 g/mol. The van der Waals surface area contributed by atoms with E-state index in [9.17, 15) is 0 Å². The number of phenolic OH excluding ortho intramolecular Hbond substituents is 1. The SMILES string of the molecule is Oc1ccc(CNCCn2cccn2)cc1. The first-order valence-corrected chi connectivity index (χ1v) is 5.30. The molecule has 0 fully saturated rings. The maximum absolute atomic E-state index is 9.12. The first kappa shape index (κ1) is 10.7. The summed E-state index contributed by atoms with van der Waals surface area (Å²) >= 11 is 0. The van der Waals surface area contributed by atoms with Crippen LogP contribution in [0.2, 0.25) is 0 Å².